The Hall–Kier alpha value is -3.68. The molecule has 27 heavy (non-hydrogen) atoms. The lowest BCUT2D eigenvalue weighted by Crippen LogP contribution is -1.97. The van der Waals surface area contributed by atoms with Gasteiger partial charge in [-0.25, -0.2) is 4.98 Å². The number of aliphatic carboxylic acids is 1. The number of methoxy groups -OCH3 is 2. The summed E-state index contributed by atoms with van der Waals surface area (Å²) in [4.78, 5) is 13.4. The van der Waals surface area contributed by atoms with Crippen LogP contribution in [0.2, 0.25) is 0 Å². The third-order valence-electron chi connectivity index (χ3n) is 4.02. The smallest absolute Gasteiger partial charge is 0.300 e. The fourth-order valence-electron chi connectivity index (χ4n) is 2.98. The number of nitrogen functional groups attached to an aromatic ring is 1. The van der Waals surface area contributed by atoms with E-state index in [2.05, 4.69) is 4.98 Å². The lowest BCUT2D eigenvalue weighted by molar-refractivity contribution is -0.134. The van der Waals surface area contributed by atoms with Gasteiger partial charge in [-0.3, -0.25) is 4.79 Å². The molecule has 0 atom stereocenters. The Labute approximate surface area is 154 Å². The lowest BCUT2D eigenvalue weighted by atomic mass is 10.1. The number of phenolic OH excluding ortho intramolecular Hbond substituents is 1. The van der Waals surface area contributed by atoms with Crippen LogP contribution in [-0.4, -0.2) is 39.8 Å². The number of hydrogen-bond acceptors (Lipinski definition) is 6. The Balaban J connectivity index is 0.000000481. The van der Waals surface area contributed by atoms with E-state index < -0.39 is 5.97 Å². The summed E-state index contributed by atoms with van der Waals surface area (Å²) in [5, 5.41) is 19.0. The highest BCUT2D eigenvalue weighted by molar-refractivity contribution is 6.06. The molecule has 140 valence electrons. The van der Waals surface area contributed by atoms with Gasteiger partial charge < -0.3 is 29.8 Å². The normalized spacial score (nSPS) is 10.6. The number of nitrogens with two attached hydrogens (primary N) is 1. The second-order valence-electron chi connectivity index (χ2n) is 5.83. The molecule has 0 bridgehead atoms. The van der Waals surface area contributed by atoms with Crippen molar-refractivity contribution in [2.24, 2.45) is 0 Å². The Kier molecular flexibility index (Phi) is 4.64. The quantitative estimate of drug-likeness (QED) is 0.497. The number of anilines is 1. The van der Waals surface area contributed by atoms with Crippen LogP contribution in [0.25, 0.3) is 27.3 Å². The molecule has 4 aromatic rings. The monoisotopic (exact) mass is 369 g/mol. The highest BCUT2D eigenvalue weighted by Gasteiger charge is 2.15. The summed E-state index contributed by atoms with van der Waals surface area (Å²) >= 11 is 0. The number of carboxylic acids is 1. The number of carbonyl (C=O) groups is 1. The first kappa shape index (κ1) is 18.1. The Morgan fingerprint density at radius 3 is 2.41 bits per heavy atom. The predicted molar refractivity (Wildman–Crippen MR) is 103 cm³/mol. The van der Waals surface area contributed by atoms with E-state index in [1.165, 1.54) is 0 Å². The maximum Gasteiger partial charge on any atom is 0.300 e. The molecule has 0 amide bonds. The van der Waals surface area contributed by atoms with Crippen LogP contribution in [0.4, 0.5) is 5.82 Å². The fraction of sp³-hybridized carbons (Fsp3) is 0.158. The first-order valence-electron chi connectivity index (χ1n) is 8.00. The Morgan fingerprint density at radius 1 is 1.15 bits per heavy atom. The summed E-state index contributed by atoms with van der Waals surface area (Å²) in [5.74, 6) is 1.01. The van der Waals surface area contributed by atoms with E-state index in [0.29, 0.717) is 22.8 Å². The molecule has 0 radical (unpaired) electrons. The third-order valence-corrected chi connectivity index (χ3v) is 4.02. The third kappa shape index (κ3) is 3.24. The highest BCUT2D eigenvalue weighted by Crippen LogP contribution is 2.37. The van der Waals surface area contributed by atoms with Crippen molar-refractivity contribution < 1.29 is 24.5 Å². The minimum atomic E-state index is -0.833. The standard InChI is InChI=1S/C17H15N3O3.C2H4O2/c1-22-14-5-9-8-20-13-4-3-10(21)6-12(13)19-17(18)16(20)11(9)7-15(14)23-2;1-2(3)4/h3-8,21H,1-2H3,(H2,18,19);1H3,(H,3,4). The first-order chi connectivity index (χ1) is 12.8. The van der Waals surface area contributed by atoms with Crippen molar-refractivity contribution in [3.8, 4) is 17.2 Å². The van der Waals surface area contributed by atoms with Crippen LogP contribution in [0.5, 0.6) is 17.2 Å². The van der Waals surface area contributed by atoms with Gasteiger partial charge >= 0.3 is 0 Å². The van der Waals surface area contributed by atoms with E-state index in [9.17, 15) is 5.11 Å². The zero-order valence-corrected chi connectivity index (χ0v) is 15.1. The summed E-state index contributed by atoms with van der Waals surface area (Å²) in [7, 11) is 3.20. The van der Waals surface area contributed by atoms with Crippen molar-refractivity contribution in [3.63, 3.8) is 0 Å². The average Bonchev–Trinajstić information content (AvgIpc) is 2.98. The zero-order valence-electron chi connectivity index (χ0n) is 15.1. The first-order valence-corrected chi connectivity index (χ1v) is 8.00. The van der Waals surface area contributed by atoms with Gasteiger partial charge in [0.1, 0.15) is 11.6 Å². The maximum atomic E-state index is 9.65. The molecule has 0 unspecified atom stereocenters. The second kappa shape index (κ2) is 6.91. The number of benzene rings is 2. The Bertz CT molecular complexity index is 1160. The van der Waals surface area contributed by atoms with Crippen molar-refractivity contribution in [3.05, 3.63) is 36.5 Å². The number of aromatic nitrogens is 2. The van der Waals surface area contributed by atoms with Crippen molar-refractivity contribution >= 4 is 39.1 Å². The minimum Gasteiger partial charge on any atom is -0.508 e. The van der Waals surface area contributed by atoms with E-state index in [1.807, 2.05) is 28.8 Å². The molecule has 8 nitrogen and oxygen atoms in total. The van der Waals surface area contributed by atoms with Gasteiger partial charge in [-0.2, -0.15) is 0 Å². The zero-order chi connectivity index (χ0) is 19.7. The lowest BCUT2D eigenvalue weighted by Gasteiger charge is -2.08. The molecule has 4 N–H and O–H groups in total. The SMILES string of the molecule is CC(=O)O.COc1cc2cn3c4ccc(O)cc4nc(N)c3c2cc1OC. The number of aromatic hydroxyl groups is 1. The summed E-state index contributed by atoms with van der Waals surface area (Å²) in [6, 6.07) is 8.85. The van der Waals surface area contributed by atoms with Gasteiger partial charge in [0.2, 0.25) is 0 Å². The van der Waals surface area contributed by atoms with Gasteiger partial charge in [-0.1, -0.05) is 0 Å². The van der Waals surface area contributed by atoms with Gasteiger partial charge in [0.25, 0.3) is 5.97 Å². The predicted octanol–water partition coefficient (Wildman–Crippen LogP) is 3.04. The number of carboxylic acid groups (broad SMARTS) is 1. The summed E-state index contributed by atoms with van der Waals surface area (Å²) in [6.45, 7) is 1.08. The average molecular weight is 369 g/mol. The molecule has 0 aliphatic heterocycles. The number of hydrogen-bond donors (Lipinski definition) is 3. The van der Waals surface area contributed by atoms with Gasteiger partial charge in [-0.15, -0.1) is 0 Å². The molecule has 0 spiro atoms. The molecular formula is C19H19N3O5. The molecule has 0 saturated carbocycles. The topological polar surface area (TPSA) is 119 Å². The molecular weight excluding hydrogens is 350 g/mol. The molecule has 2 aromatic heterocycles. The molecule has 0 aliphatic carbocycles. The Morgan fingerprint density at radius 2 is 1.78 bits per heavy atom. The minimum absolute atomic E-state index is 0.156. The molecule has 0 saturated heterocycles. The summed E-state index contributed by atoms with van der Waals surface area (Å²) in [6.07, 6.45) is 1.98. The van der Waals surface area contributed by atoms with Crippen LogP contribution in [0.1, 0.15) is 6.92 Å². The van der Waals surface area contributed by atoms with Crippen LogP contribution in [-0.2, 0) is 4.79 Å². The number of fused-ring (bicyclic) bond motifs is 5. The maximum absolute atomic E-state index is 9.65. The number of rotatable bonds is 2. The summed E-state index contributed by atoms with van der Waals surface area (Å²) < 4.78 is 12.7. The van der Waals surface area contributed by atoms with Crippen molar-refractivity contribution in [1.29, 1.82) is 0 Å². The van der Waals surface area contributed by atoms with E-state index in [1.54, 1.807) is 26.4 Å². The van der Waals surface area contributed by atoms with Crippen molar-refractivity contribution in [2.45, 2.75) is 6.92 Å². The van der Waals surface area contributed by atoms with Crippen LogP contribution in [0.3, 0.4) is 0 Å². The molecule has 2 aromatic carbocycles. The van der Waals surface area contributed by atoms with E-state index in [4.69, 9.17) is 25.1 Å². The van der Waals surface area contributed by atoms with E-state index >= 15 is 0 Å². The highest BCUT2D eigenvalue weighted by atomic mass is 16.5. The number of phenols is 1. The number of ether oxygens (including phenoxy) is 2. The van der Waals surface area contributed by atoms with Crippen molar-refractivity contribution in [2.75, 3.05) is 20.0 Å². The molecule has 8 heteroatoms. The van der Waals surface area contributed by atoms with Gasteiger partial charge in [0.15, 0.2) is 11.5 Å². The number of nitrogens with zero attached hydrogens (tertiary/aromatic N) is 2. The molecule has 2 heterocycles. The van der Waals surface area contributed by atoms with Gasteiger partial charge in [0.05, 0.1) is 30.8 Å². The van der Waals surface area contributed by atoms with Crippen LogP contribution >= 0.6 is 0 Å². The molecule has 0 aliphatic rings. The molecule has 0 fully saturated rings. The van der Waals surface area contributed by atoms with E-state index in [0.717, 1.165) is 28.7 Å². The summed E-state index contributed by atoms with van der Waals surface area (Å²) in [5.41, 5.74) is 8.46. The van der Waals surface area contributed by atoms with E-state index in [-0.39, 0.29) is 5.75 Å². The van der Waals surface area contributed by atoms with Gasteiger partial charge in [-0.05, 0) is 24.3 Å². The van der Waals surface area contributed by atoms with Crippen LogP contribution in [0, 0.1) is 0 Å². The van der Waals surface area contributed by atoms with Gasteiger partial charge in [0, 0.05) is 30.0 Å². The largest absolute Gasteiger partial charge is 0.508 e. The molecule has 4 rings (SSSR count). The van der Waals surface area contributed by atoms with Crippen LogP contribution < -0.4 is 15.2 Å². The second-order valence-corrected chi connectivity index (χ2v) is 5.83. The van der Waals surface area contributed by atoms with Crippen LogP contribution in [0.15, 0.2) is 36.5 Å². The van der Waals surface area contributed by atoms with Crippen molar-refractivity contribution in [1.82, 2.24) is 9.38 Å². The fourth-order valence-corrected chi connectivity index (χ4v) is 2.98.